The van der Waals surface area contributed by atoms with E-state index in [9.17, 15) is 9.59 Å². The maximum Gasteiger partial charge on any atom is 0.208 e. The van der Waals surface area contributed by atoms with Gasteiger partial charge in [-0.25, -0.2) is 9.98 Å². The molecule has 36 heavy (non-hydrogen) atoms. The van der Waals surface area contributed by atoms with Gasteiger partial charge in [0.2, 0.25) is 23.7 Å². The predicted octanol–water partition coefficient (Wildman–Crippen LogP) is 5.41. The van der Waals surface area contributed by atoms with Crippen LogP contribution in [0.5, 0.6) is 0 Å². The Hall–Kier alpha value is -1.58. The molecule has 0 saturated heterocycles. The van der Waals surface area contributed by atoms with E-state index in [1.807, 2.05) is 55.4 Å². The smallest absolute Gasteiger partial charge is 0.208 e. The second-order valence-corrected chi connectivity index (χ2v) is 12.1. The van der Waals surface area contributed by atoms with Crippen LogP contribution in [0.1, 0.15) is 147 Å². The first-order valence-corrected chi connectivity index (χ1v) is 14.5. The van der Waals surface area contributed by atoms with Gasteiger partial charge in [0.15, 0.2) is 0 Å². The van der Waals surface area contributed by atoms with Gasteiger partial charge in [-0.2, -0.15) is 0 Å². The molecule has 208 valence electrons. The van der Waals surface area contributed by atoms with Crippen molar-refractivity contribution in [3.8, 4) is 0 Å². The average Bonchev–Trinajstić information content (AvgIpc) is 2.75. The molecule has 0 rings (SSSR count). The highest BCUT2D eigenvalue weighted by atomic mass is 16.1. The predicted molar refractivity (Wildman–Crippen MR) is 157 cm³/mol. The Kier molecular flexibility index (Phi) is 21.8. The maximum atomic E-state index is 12.1. The number of Topliss-reactive ketones (excluding diaryl/α,β-unsaturated/α-hetero) is 2. The van der Waals surface area contributed by atoms with E-state index < -0.39 is 0 Å². The molecule has 0 aromatic carbocycles. The third-order valence-electron chi connectivity index (χ3n) is 6.09. The molecule has 0 heterocycles. The van der Waals surface area contributed by atoms with Gasteiger partial charge in [-0.1, -0.05) is 27.7 Å². The molecule has 0 amide bonds. The van der Waals surface area contributed by atoms with Crippen molar-refractivity contribution in [2.24, 2.45) is 11.8 Å². The largest absolute Gasteiger partial charge is 0.292 e. The number of unbranched alkanes of at least 4 members (excludes halogenated alkanes) is 4. The molecule has 0 aliphatic carbocycles. The summed E-state index contributed by atoms with van der Waals surface area (Å²) in [5.74, 6) is 3.92. The molecule has 0 spiro atoms. The normalized spacial score (nSPS) is 12.4. The lowest BCUT2D eigenvalue weighted by Crippen LogP contribution is -2.81. The molecular formula is C32H62N2O2+4. The van der Waals surface area contributed by atoms with E-state index in [-0.39, 0.29) is 23.9 Å². The second kappa shape index (κ2) is 21.5. The molecule has 4 nitrogen and oxygen atoms in total. The molecule has 2 atom stereocenters. The van der Waals surface area contributed by atoms with Crippen molar-refractivity contribution in [3.05, 3.63) is 11.8 Å². The lowest BCUT2D eigenvalue weighted by Gasteiger charge is -2.10. The van der Waals surface area contributed by atoms with Crippen LogP contribution in [0.3, 0.4) is 0 Å². The molecule has 0 aromatic heterocycles. The summed E-state index contributed by atoms with van der Waals surface area (Å²) in [7, 11) is 0. The standard InChI is InChI=1S/2C16H30NO/c2*1-12(2)10-8-7-9-11-15(17-14(5)6)16(18)13(3)4/h2*13,15H,7-11H2,1-6H3/q2*+1/p+2/t15-;/m0./s1. The number of carbonyl (C=O) groups excluding carboxylic acids is 2. The summed E-state index contributed by atoms with van der Waals surface area (Å²) in [4.78, 5) is 30.8. The highest BCUT2D eigenvalue weighted by molar-refractivity contribution is 5.85. The Morgan fingerprint density at radius 2 is 0.861 bits per heavy atom. The Morgan fingerprint density at radius 3 is 1.08 bits per heavy atom. The van der Waals surface area contributed by atoms with E-state index >= 15 is 0 Å². The van der Waals surface area contributed by atoms with E-state index in [2.05, 4.69) is 37.7 Å². The molecule has 1 unspecified atom stereocenters. The van der Waals surface area contributed by atoms with Crippen LogP contribution in [-0.4, -0.2) is 35.1 Å². The van der Waals surface area contributed by atoms with Crippen molar-refractivity contribution in [2.75, 3.05) is 0 Å². The fourth-order valence-corrected chi connectivity index (χ4v) is 4.08. The van der Waals surface area contributed by atoms with Crippen LogP contribution in [0.25, 0.3) is 0 Å². The molecule has 0 bridgehead atoms. The van der Waals surface area contributed by atoms with Gasteiger partial charge in [0.1, 0.15) is 11.4 Å². The van der Waals surface area contributed by atoms with Gasteiger partial charge in [-0.15, -0.1) is 0 Å². The highest BCUT2D eigenvalue weighted by Gasteiger charge is 2.25. The second-order valence-electron chi connectivity index (χ2n) is 12.1. The van der Waals surface area contributed by atoms with Crippen molar-refractivity contribution in [3.63, 3.8) is 0 Å². The van der Waals surface area contributed by atoms with Crippen LogP contribution in [0, 0.1) is 23.7 Å². The van der Waals surface area contributed by atoms with Crippen molar-refractivity contribution in [1.82, 2.24) is 0 Å². The van der Waals surface area contributed by atoms with Gasteiger partial charge in [0.25, 0.3) is 0 Å². The zero-order chi connectivity index (χ0) is 28.3. The van der Waals surface area contributed by atoms with Crippen molar-refractivity contribution >= 4 is 23.0 Å². The molecule has 2 N–H and O–H groups in total. The van der Waals surface area contributed by atoms with Crippen LogP contribution in [0.2, 0.25) is 0 Å². The summed E-state index contributed by atoms with van der Waals surface area (Å²) in [6.07, 6.45) is 11.6. The molecule has 0 fully saturated rings. The van der Waals surface area contributed by atoms with E-state index in [1.165, 1.54) is 50.4 Å². The molecule has 0 aliphatic heterocycles. The van der Waals surface area contributed by atoms with Crippen molar-refractivity contribution < 1.29 is 19.6 Å². The van der Waals surface area contributed by atoms with Crippen LogP contribution >= 0.6 is 0 Å². The lowest BCUT2D eigenvalue weighted by atomic mass is 9.96. The topological polar surface area (TPSA) is 62.1 Å². The monoisotopic (exact) mass is 506 g/mol. The Labute approximate surface area is 225 Å². The number of hydrogen-bond acceptors (Lipinski definition) is 2. The fraction of sp³-hybridized carbons (Fsp3) is 0.812. The van der Waals surface area contributed by atoms with Gasteiger partial charge >= 0.3 is 0 Å². The Morgan fingerprint density at radius 1 is 0.556 bits per heavy atom. The lowest BCUT2D eigenvalue weighted by molar-refractivity contribution is -0.490. The Bertz CT molecular complexity index is 581. The molecular weight excluding hydrogens is 444 g/mol. The van der Waals surface area contributed by atoms with Gasteiger partial charge < -0.3 is 0 Å². The van der Waals surface area contributed by atoms with Gasteiger partial charge in [-0.05, 0) is 38.5 Å². The zero-order valence-corrected chi connectivity index (χ0v) is 26.2. The van der Waals surface area contributed by atoms with Crippen molar-refractivity contribution in [2.45, 2.75) is 159 Å². The molecule has 4 heteroatoms. The Balaban J connectivity index is 0. The van der Waals surface area contributed by atoms with E-state index in [1.54, 1.807) is 0 Å². The minimum Gasteiger partial charge on any atom is -0.292 e. The number of carbonyl (C=O) groups is 2. The van der Waals surface area contributed by atoms with Crippen LogP contribution in [0.4, 0.5) is 0 Å². The molecule has 0 radical (unpaired) electrons. The first-order chi connectivity index (χ1) is 16.7. The molecule has 0 saturated carbocycles. The first-order valence-electron chi connectivity index (χ1n) is 14.5. The summed E-state index contributed by atoms with van der Waals surface area (Å²) in [5.41, 5.74) is 2.26. The SMILES string of the molecule is CC(C)=[NH+]C(CCCCC[C+](C)C)C(=O)C(C)C.CC(C)=[NH+][C@@H](CCCCC[C+](C)C)C(=O)C(C)C. The van der Waals surface area contributed by atoms with Crippen LogP contribution < -0.4 is 9.98 Å². The third kappa shape index (κ3) is 21.7. The fourth-order valence-electron chi connectivity index (χ4n) is 4.08. The van der Waals surface area contributed by atoms with E-state index in [0.29, 0.717) is 11.6 Å². The summed E-state index contributed by atoms with van der Waals surface area (Å²) >= 11 is 0. The van der Waals surface area contributed by atoms with E-state index in [4.69, 9.17) is 0 Å². The molecule has 0 aromatic rings. The molecule has 0 aliphatic rings. The van der Waals surface area contributed by atoms with E-state index in [0.717, 1.165) is 37.1 Å². The average molecular weight is 507 g/mol. The quantitative estimate of drug-likeness (QED) is 0.148. The van der Waals surface area contributed by atoms with Gasteiger partial charge in [-0.3, -0.25) is 9.59 Å². The maximum absolute atomic E-state index is 12.1. The summed E-state index contributed by atoms with van der Waals surface area (Å²) in [6, 6.07) is 0.0309. The summed E-state index contributed by atoms with van der Waals surface area (Å²) in [6.45, 7) is 24.8. The number of ketones is 2. The first kappa shape index (κ1) is 36.6. The van der Waals surface area contributed by atoms with Crippen LogP contribution in [0.15, 0.2) is 0 Å². The number of nitrogens with one attached hydrogen (secondary N) is 2. The van der Waals surface area contributed by atoms with Crippen LogP contribution in [-0.2, 0) is 9.59 Å². The minimum absolute atomic E-state index is 0.0155. The zero-order valence-electron chi connectivity index (χ0n) is 26.2. The number of rotatable bonds is 18. The highest BCUT2D eigenvalue weighted by Crippen LogP contribution is 2.13. The summed E-state index contributed by atoms with van der Waals surface area (Å²) < 4.78 is 0. The minimum atomic E-state index is 0.0155. The van der Waals surface area contributed by atoms with Gasteiger partial charge in [0.05, 0.1) is 52.4 Å². The van der Waals surface area contributed by atoms with Crippen molar-refractivity contribution in [1.29, 1.82) is 0 Å². The summed E-state index contributed by atoms with van der Waals surface area (Å²) in [5, 5.41) is 0. The third-order valence-corrected chi connectivity index (χ3v) is 6.09. The number of hydrogen-bond donors (Lipinski definition) is 2. The van der Waals surface area contributed by atoms with Gasteiger partial charge in [0, 0.05) is 52.4 Å².